The van der Waals surface area contributed by atoms with Gasteiger partial charge in [0.2, 0.25) is 0 Å². The first-order valence-electron chi connectivity index (χ1n) is 4.72. The number of aromatic amines is 1. The lowest BCUT2D eigenvalue weighted by Crippen LogP contribution is -1.81. The molecule has 0 aliphatic carbocycles. The maximum Gasteiger partial charge on any atom is 0.194 e. The first-order valence-corrected chi connectivity index (χ1v) is 5.53. The van der Waals surface area contributed by atoms with Gasteiger partial charge in [-0.05, 0) is 6.92 Å². The lowest BCUT2D eigenvalue weighted by molar-refractivity contribution is 0.111. The highest BCUT2D eigenvalue weighted by Gasteiger charge is 2.09. The van der Waals surface area contributed by atoms with Crippen LogP contribution in [0.25, 0.3) is 16.5 Å². The van der Waals surface area contributed by atoms with Crippen LogP contribution in [0.15, 0.2) is 18.6 Å². The Bertz CT molecular complexity index is 632. The fourth-order valence-corrected chi connectivity index (χ4v) is 2.36. The number of aryl methyl sites for hydroxylation is 1. The Morgan fingerprint density at radius 1 is 1.50 bits per heavy atom. The second-order valence-electron chi connectivity index (χ2n) is 3.46. The largest absolute Gasteiger partial charge is 0.334 e. The first kappa shape index (κ1) is 9.29. The van der Waals surface area contributed by atoms with Crippen LogP contribution < -0.4 is 0 Å². The Balaban J connectivity index is 2.11. The molecule has 0 unspecified atom stereocenters. The van der Waals surface area contributed by atoms with Crippen molar-refractivity contribution in [3.8, 4) is 11.5 Å². The molecule has 0 amide bonds. The van der Waals surface area contributed by atoms with Gasteiger partial charge in [-0.1, -0.05) is 0 Å². The van der Waals surface area contributed by atoms with Crippen LogP contribution in [0.2, 0.25) is 0 Å². The van der Waals surface area contributed by atoms with Crippen LogP contribution in [-0.2, 0) is 0 Å². The number of hydrogen-bond acceptors (Lipinski definition) is 4. The second-order valence-corrected chi connectivity index (χ2v) is 4.68. The summed E-state index contributed by atoms with van der Waals surface area (Å²) >= 11 is 1.62. The molecule has 0 fully saturated rings. The van der Waals surface area contributed by atoms with Gasteiger partial charge < -0.3 is 4.98 Å². The van der Waals surface area contributed by atoms with Crippen molar-refractivity contribution in [1.82, 2.24) is 19.4 Å². The Hall–Kier alpha value is -1.95. The standard InChI is InChI=1S/C10H8N4OS/c1-6-3-14-4-8(13-10(14)16-6)9-11-2-7(5-15)12-9/h2-5H,1H3,(H,11,12). The summed E-state index contributed by atoms with van der Waals surface area (Å²) in [5.74, 6) is 0.621. The average molecular weight is 232 g/mol. The molecule has 6 heteroatoms. The first-order chi connectivity index (χ1) is 7.76. The predicted molar refractivity (Wildman–Crippen MR) is 60.8 cm³/mol. The third-order valence-electron chi connectivity index (χ3n) is 2.24. The maximum atomic E-state index is 10.5. The number of aromatic nitrogens is 4. The smallest absolute Gasteiger partial charge is 0.194 e. The molecule has 3 aromatic rings. The molecule has 0 spiro atoms. The molecule has 3 aromatic heterocycles. The van der Waals surface area contributed by atoms with Crippen LogP contribution in [0.3, 0.4) is 0 Å². The zero-order chi connectivity index (χ0) is 11.1. The zero-order valence-electron chi connectivity index (χ0n) is 8.47. The molecule has 80 valence electrons. The van der Waals surface area contributed by atoms with E-state index in [4.69, 9.17) is 0 Å². The van der Waals surface area contributed by atoms with Crippen LogP contribution in [-0.4, -0.2) is 25.6 Å². The molecule has 0 radical (unpaired) electrons. The molecule has 3 heterocycles. The minimum Gasteiger partial charge on any atom is -0.334 e. The van der Waals surface area contributed by atoms with E-state index in [2.05, 4.69) is 15.0 Å². The topological polar surface area (TPSA) is 63.1 Å². The van der Waals surface area contributed by atoms with E-state index in [1.165, 1.54) is 11.1 Å². The number of carbonyl (C=O) groups excluding carboxylic acids is 1. The third kappa shape index (κ3) is 1.35. The Labute approximate surface area is 94.8 Å². The molecule has 16 heavy (non-hydrogen) atoms. The van der Waals surface area contributed by atoms with Gasteiger partial charge in [-0.2, -0.15) is 0 Å². The van der Waals surface area contributed by atoms with Gasteiger partial charge in [0.05, 0.1) is 11.9 Å². The summed E-state index contributed by atoms with van der Waals surface area (Å²) in [5, 5.41) is 0. The normalized spacial score (nSPS) is 11.1. The summed E-state index contributed by atoms with van der Waals surface area (Å²) in [4.78, 5) is 24.1. The Morgan fingerprint density at radius 3 is 3.06 bits per heavy atom. The minimum absolute atomic E-state index is 0.461. The predicted octanol–water partition coefficient (Wildman–Crippen LogP) is 1.91. The molecular formula is C10H8N4OS. The number of fused-ring (bicyclic) bond motifs is 1. The van der Waals surface area contributed by atoms with Crippen LogP contribution in [0, 0.1) is 6.92 Å². The van der Waals surface area contributed by atoms with E-state index in [9.17, 15) is 4.79 Å². The number of carbonyl (C=O) groups is 1. The van der Waals surface area contributed by atoms with E-state index in [-0.39, 0.29) is 0 Å². The molecule has 0 aromatic carbocycles. The van der Waals surface area contributed by atoms with Gasteiger partial charge in [0.15, 0.2) is 17.1 Å². The number of aldehydes is 1. The highest BCUT2D eigenvalue weighted by atomic mass is 32.1. The summed E-state index contributed by atoms with van der Waals surface area (Å²) in [7, 11) is 0. The monoisotopic (exact) mass is 232 g/mol. The number of nitrogens with zero attached hydrogens (tertiary/aromatic N) is 3. The number of hydrogen-bond donors (Lipinski definition) is 1. The van der Waals surface area contributed by atoms with Gasteiger partial charge in [0.1, 0.15) is 5.69 Å². The third-order valence-corrected chi connectivity index (χ3v) is 3.15. The molecule has 1 N–H and O–H groups in total. The van der Waals surface area contributed by atoms with Gasteiger partial charge in [0.25, 0.3) is 0 Å². The highest BCUT2D eigenvalue weighted by molar-refractivity contribution is 7.17. The molecule has 0 bridgehead atoms. The van der Waals surface area contributed by atoms with E-state index >= 15 is 0 Å². The van der Waals surface area contributed by atoms with Gasteiger partial charge in [0, 0.05) is 17.3 Å². The van der Waals surface area contributed by atoms with E-state index in [0.717, 1.165) is 16.9 Å². The quantitative estimate of drug-likeness (QED) is 0.686. The van der Waals surface area contributed by atoms with Crippen molar-refractivity contribution < 1.29 is 4.79 Å². The number of thiazole rings is 1. The van der Waals surface area contributed by atoms with Crippen molar-refractivity contribution in [1.29, 1.82) is 0 Å². The highest BCUT2D eigenvalue weighted by Crippen LogP contribution is 2.21. The number of nitrogens with one attached hydrogen (secondary N) is 1. The van der Waals surface area contributed by atoms with Crippen LogP contribution in [0.4, 0.5) is 0 Å². The summed E-state index contributed by atoms with van der Waals surface area (Å²) in [6.45, 7) is 2.04. The molecule has 5 nitrogen and oxygen atoms in total. The summed E-state index contributed by atoms with van der Waals surface area (Å²) in [5.41, 5.74) is 1.21. The summed E-state index contributed by atoms with van der Waals surface area (Å²) < 4.78 is 1.96. The van der Waals surface area contributed by atoms with Crippen molar-refractivity contribution in [3.63, 3.8) is 0 Å². The molecular weight excluding hydrogens is 224 g/mol. The van der Waals surface area contributed by atoms with Crippen molar-refractivity contribution in [2.75, 3.05) is 0 Å². The van der Waals surface area contributed by atoms with E-state index < -0.39 is 0 Å². The molecule has 3 rings (SSSR count). The van der Waals surface area contributed by atoms with Gasteiger partial charge >= 0.3 is 0 Å². The van der Waals surface area contributed by atoms with Crippen molar-refractivity contribution in [2.45, 2.75) is 6.92 Å². The fraction of sp³-hybridized carbons (Fsp3) is 0.100. The van der Waals surface area contributed by atoms with E-state index in [1.54, 1.807) is 11.3 Å². The average Bonchev–Trinajstić information content (AvgIpc) is 2.88. The summed E-state index contributed by atoms with van der Waals surface area (Å²) in [6.07, 6.45) is 6.15. The molecule has 0 aliphatic heterocycles. The van der Waals surface area contributed by atoms with Crippen molar-refractivity contribution >= 4 is 22.6 Å². The number of rotatable bonds is 2. The zero-order valence-corrected chi connectivity index (χ0v) is 9.28. The van der Waals surface area contributed by atoms with Gasteiger partial charge in [-0.25, -0.2) is 9.97 Å². The number of imidazole rings is 2. The van der Waals surface area contributed by atoms with Crippen molar-refractivity contribution in [2.24, 2.45) is 0 Å². The van der Waals surface area contributed by atoms with Gasteiger partial charge in [-0.15, -0.1) is 11.3 Å². The molecule has 0 saturated carbocycles. The number of H-pyrrole nitrogens is 1. The lowest BCUT2D eigenvalue weighted by atomic mass is 10.4. The van der Waals surface area contributed by atoms with E-state index in [0.29, 0.717) is 11.5 Å². The minimum atomic E-state index is 0.461. The maximum absolute atomic E-state index is 10.5. The SMILES string of the molecule is Cc1cn2cc(-c3ncc(C=O)[nH]3)nc2s1. The van der Waals surface area contributed by atoms with Crippen LogP contribution in [0.5, 0.6) is 0 Å². The Kier molecular flexibility index (Phi) is 1.90. The Morgan fingerprint density at radius 2 is 2.38 bits per heavy atom. The summed E-state index contributed by atoms with van der Waals surface area (Å²) in [6, 6.07) is 0. The lowest BCUT2D eigenvalue weighted by Gasteiger charge is -1.86. The molecule has 0 aliphatic rings. The van der Waals surface area contributed by atoms with Crippen LogP contribution in [0.1, 0.15) is 15.4 Å². The second kappa shape index (κ2) is 3.28. The molecule has 0 saturated heterocycles. The fourth-order valence-electron chi connectivity index (χ4n) is 1.55. The van der Waals surface area contributed by atoms with E-state index in [1.807, 2.05) is 23.7 Å². The van der Waals surface area contributed by atoms with Gasteiger partial charge in [-0.3, -0.25) is 9.20 Å². The van der Waals surface area contributed by atoms with Crippen molar-refractivity contribution in [3.05, 3.63) is 29.2 Å². The molecule has 0 atom stereocenters. The van der Waals surface area contributed by atoms with Crippen LogP contribution >= 0.6 is 11.3 Å².